The van der Waals surface area contributed by atoms with Gasteiger partial charge in [0.15, 0.2) is 0 Å². The molecule has 3 aromatic carbocycles. The molecule has 1 N–H and O–H groups in total. The molecule has 0 fully saturated rings. The number of nitrogens with one attached hydrogen (secondary N) is 1. The van der Waals surface area contributed by atoms with Gasteiger partial charge < -0.3 is 14.8 Å². The average molecular weight is 556 g/mol. The maximum absolute atomic E-state index is 13.1. The van der Waals surface area contributed by atoms with E-state index in [1.165, 1.54) is 43.5 Å². The molecular weight excluding hydrogens is 540 g/mol. The highest BCUT2D eigenvalue weighted by atomic mass is 79.9. The minimum Gasteiger partial charge on any atom is -0.465 e. The molecule has 0 aromatic heterocycles. The standard InChI is InChI=1S/C25H16BrClN2O6/c1-34-25(33)18-4-2-3-5-19(18)29-22(30)20(27)21(23(29)31)28-16-10-6-14(7-11-16)24(32)35-17-12-8-15(26)9-13-17/h2-13,28H,1H3. The number of hydrogen-bond acceptors (Lipinski definition) is 7. The third-order valence-corrected chi connectivity index (χ3v) is 5.87. The fraction of sp³-hybridized carbons (Fsp3) is 0.0400. The molecule has 2 amide bonds. The van der Waals surface area contributed by atoms with Crippen molar-refractivity contribution in [1.29, 1.82) is 0 Å². The van der Waals surface area contributed by atoms with Crippen LogP contribution in [0.2, 0.25) is 0 Å². The number of hydrogen-bond donors (Lipinski definition) is 1. The highest BCUT2D eigenvalue weighted by molar-refractivity contribution is 9.10. The predicted molar refractivity (Wildman–Crippen MR) is 132 cm³/mol. The third kappa shape index (κ3) is 4.96. The molecule has 1 heterocycles. The number of amides is 2. The van der Waals surface area contributed by atoms with Gasteiger partial charge in [0.25, 0.3) is 11.8 Å². The maximum Gasteiger partial charge on any atom is 0.343 e. The Morgan fingerprint density at radius 3 is 2.20 bits per heavy atom. The van der Waals surface area contributed by atoms with E-state index in [0.29, 0.717) is 11.4 Å². The van der Waals surface area contributed by atoms with Crippen LogP contribution in [0.25, 0.3) is 0 Å². The van der Waals surface area contributed by atoms with Crippen LogP contribution in [0.1, 0.15) is 20.7 Å². The summed E-state index contributed by atoms with van der Waals surface area (Å²) in [5, 5.41) is 2.48. The number of ether oxygens (including phenoxy) is 2. The Balaban J connectivity index is 1.51. The summed E-state index contributed by atoms with van der Waals surface area (Å²) in [7, 11) is 1.20. The van der Waals surface area contributed by atoms with Crippen molar-refractivity contribution in [2.45, 2.75) is 0 Å². The van der Waals surface area contributed by atoms with Crippen molar-refractivity contribution in [2.75, 3.05) is 17.3 Å². The Morgan fingerprint density at radius 1 is 0.886 bits per heavy atom. The first-order chi connectivity index (χ1) is 16.8. The van der Waals surface area contributed by atoms with E-state index >= 15 is 0 Å². The monoisotopic (exact) mass is 554 g/mol. The first kappa shape index (κ1) is 24.2. The van der Waals surface area contributed by atoms with E-state index in [1.54, 1.807) is 36.4 Å². The molecule has 0 saturated heterocycles. The lowest BCUT2D eigenvalue weighted by Crippen LogP contribution is -2.33. The quantitative estimate of drug-likeness (QED) is 0.262. The zero-order valence-electron chi connectivity index (χ0n) is 18.1. The summed E-state index contributed by atoms with van der Waals surface area (Å²) in [6.07, 6.45) is 0. The molecule has 3 aromatic rings. The number of imide groups is 1. The van der Waals surface area contributed by atoms with E-state index in [-0.39, 0.29) is 27.5 Å². The number of benzene rings is 3. The summed E-state index contributed by atoms with van der Waals surface area (Å²) in [5.74, 6) is -2.40. The summed E-state index contributed by atoms with van der Waals surface area (Å²) in [6.45, 7) is 0. The van der Waals surface area contributed by atoms with Gasteiger partial charge >= 0.3 is 11.9 Å². The number of rotatable bonds is 6. The van der Waals surface area contributed by atoms with Crippen LogP contribution < -0.4 is 15.0 Å². The van der Waals surface area contributed by atoms with Crippen LogP contribution in [-0.2, 0) is 14.3 Å². The highest BCUT2D eigenvalue weighted by Crippen LogP contribution is 2.32. The molecule has 176 valence electrons. The van der Waals surface area contributed by atoms with Crippen molar-refractivity contribution in [3.63, 3.8) is 0 Å². The summed E-state index contributed by atoms with van der Waals surface area (Å²) >= 11 is 9.49. The van der Waals surface area contributed by atoms with Crippen LogP contribution in [0.5, 0.6) is 5.75 Å². The van der Waals surface area contributed by atoms with Gasteiger partial charge in [-0.2, -0.15) is 0 Å². The average Bonchev–Trinajstić information content (AvgIpc) is 3.08. The highest BCUT2D eigenvalue weighted by Gasteiger charge is 2.40. The topological polar surface area (TPSA) is 102 Å². The summed E-state index contributed by atoms with van der Waals surface area (Å²) in [4.78, 5) is 51.1. The van der Waals surface area contributed by atoms with Crippen molar-refractivity contribution in [3.8, 4) is 5.75 Å². The Labute approximate surface area is 213 Å². The summed E-state index contributed by atoms with van der Waals surface area (Å²) in [6, 6.07) is 18.9. The van der Waals surface area contributed by atoms with Crippen LogP contribution in [0.3, 0.4) is 0 Å². The van der Waals surface area contributed by atoms with Crippen LogP contribution in [0.4, 0.5) is 11.4 Å². The fourth-order valence-corrected chi connectivity index (χ4v) is 3.76. The van der Waals surface area contributed by atoms with Crippen LogP contribution >= 0.6 is 27.5 Å². The molecule has 1 aliphatic heterocycles. The number of esters is 2. The van der Waals surface area contributed by atoms with Crippen molar-refractivity contribution in [3.05, 3.63) is 99.1 Å². The molecule has 0 aliphatic carbocycles. The van der Waals surface area contributed by atoms with Gasteiger partial charge in [-0.05, 0) is 60.7 Å². The van der Waals surface area contributed by atoms with Gasteiger partial charge in [0, 0.05) is 10.2 Å². The SMILES string of the molecule is COC(=O)c1ccccc1N1C(=O)C(Cl)=C(Nc2ccc(C(=O)Oc3ccc(Br)cc3)cc2)C1=O. The molecule has 0 spiro atoms. The molecule has 35 heavy (non-hydrogen) atoms. The lowest BCUT2D eigenvalue weighted by molar-refractivity contribution is -0.120. The second-order valence-corrected chi connectivity index (χ2v) is 8.48. The number of methoxy groups -OCH3 is 1. The maximum atomic E-state index is 13.1. The minimum absolute atomic E-state index is 0.0380. The smallest absolute Gasteiger partial charge is 0.343 e. The van der Waals surface area contributed by atoms with Crippen molar-refractivity contribution in [1.82, 2.24) is 0 Å². The number of carbonyl (C=O) groups is 4. The summed E-state index contributed by atoms with van der Waals surface area (Å²) in [5.41, 5.74) is 0.608. The first-order valence-corrected chi connectivity index (χ1v) is 11.3. The molecule has 0 unspecified atom stereocenters. The van der Waals surface area contributed by atoms with Gasteiger partial charge in [0.1, 0.15) is 16.5 Å². The van der Waals surface area contributed by atoms with Gasteiger partial charge in [0.2, 0.25) is 0 Å². The Hall–Kier alpha value is -3.95. The number of para-hydroxylation sites is 1. The van der Waals surface area contributed by atoms with Crippen molar-refractivity contribution >= 4 is 62.7 Å². The minimum atomic E-state index is -0.787. The van der Waals surface area contributed by atoms with Gasteiger partial charge in [0.05, 0.1) is 23.9 Å². The Morgan fingerprint density at radius 2 is 1.54 bits per heavy atom. The lowest BCUT2D eigenvalue weighted by atomic mass is 10.1. The predicted octanol–water partition coefficient (Wildman–Crippen LogP) is 4.89. The molecule has 1 aliphatic rings. The first-order valence-electron chi connectivity index (χ1n) is 10.1. The van der Waals surface area contributed by atoms with Gasteiger partial charge in [-0.15, -0.1) is 0 Å². The third-order valence-electron chi connectivity index (χ3n) is 4.99. The van der Waals surface area contributed by atoms with Crippen molar-refractivity contribution < 1.29 is 28.7 Å². The van der Waals surface area contributed by atoms with E-state index in [2.05, 4.69) is 21.2 Å². The van der Waals surface area contributed by atoms with E-state index in [0.717, 1.165) is 9.37 Å². The molecule has 4 rings (SSSR count). The van der Waals surface area contributed by atoms with E-state index in [4.69, 9.17) is 21.1 Å². The van der Waals surface area contributed by atoms with Crippen LogP contribution in [0.15, 0.2) is 88.0 Å². The molecule has 10 heteroatoms. The van der Waals surface area contributed by atoms with Crippen molar-refractivity contribution in [2.24, 2.45) is 0 Å². The van der Waals surface area contributed by atoms with E-state index in [9.17, 15) is 19.2 Å². The number of anilines is 2. The van der Waals surface area contributed by atoms with E-state index in [1.807, 2.05) is 0 Å². The van der Waals surface area contributed by atoms with Gasteiger partial charge in [-0.3, -0.25) is 9.59 Å². The normalized spacial score (nSPS) is 13.2. The number of nitrogens with zero attached hydrogens (tertiary/aromatic N) is 1. The largest absolute Gasteiger partial charge is 0.465 e. The van der Waals surface area contributed by atoms with Crippen LogP contribution in [0, 0.1) is 0 Å². The van der Waals surface area contributed by atoms with E-state index < -0.39 is 23.8 Å². The van der Waals surface area contributed by atoms with Gasteiger partial charge in [-0.25, -0.2) is 14.5 Å². The van der Waals surface area contributed by atoms with Gasteiger partial charge in [-0.1, -0.05) is 39.7 Å². The second kappa shape index (κ2) is 10.1. The molecule has 0 radical (unpaired) electrons. The summed E-state index contributed by atoms with van der Waals surface area (Å²) < 4.78 is 10.9. The molecule has 0 bridgehead atoms. The second-order valence-electron chi connectivity index (χ2n) is 7.19. The Bertz CT molecular complexity index is 1370. The molecule has 0 atom stereocenters. The lowest BCUT2D eigenvalue weighted by Gasteiger charge is -2.17. The number of halogens is 2. The Kier molecular flexibility index (Phi) is 6.99. The number of carbonyl (C=O) groups excluding carboxylic acids is 4. The molecular formula is C25H16BrClN2O6. The zero-order chi connectivity index (χ0) is 25.1. The zero-order valence-corrected chi connectivity index (χ0v) is 20.4. The molecule has 8 nitrogen and oxygen atoms in total. The van der Waals surface area contributed by atoms with Crippen LogP contribution in [-0.4, -0.2) is 30.9 Å². The fourth-order valence-electron chi connectivity index (χ4n) is 3.28. The molecule has 0 saturated carbocycles.